The molecular weight excluding hydrogens is 635 g/mol. The maximum atomic E-state index is 15.1. The van der Waals surface area contributed by atoms with Crippen LogP contribution in [-0.4, -0.2) is 14.4 Å². The minimum absolute atomic E-state index is 0.0160. The van der Waals surface area contributed by atoms with Crippen molar-refractivity contribution in [3.63, 3.8) is 0 Å². The molecule has 0 aliphatic carbocycles. The number of aromatic nitrogens is 3. The Labute approximate surface area is 300 Å². The van der Waals surface area contributed by atoms with E-state index in [0.29, 0.717) is 0 Å². The predicted octanol–water partition coefficient (Wildman–Crippen LogP) is 12.2. The van der Waals surface area contributed by atoms with Crippen molar-refractivity contribution < 1.29 is 0 Å². The second-order valence-corrected chi connectivity index (χ2v) is 14.9. The molecule has 250 valence electrons. The number of rotatable bonds is 8. The fraction of sp³-hybridized carbons (Fsp3) is 0.188. The summed E-state index contributed by atoms with van der Waals surface area (Å²) in [6, 6.07) is 33.8. The summed E-state index contributed by atoms with van der Waals surface area (Å²) in [6.45, 7) is 6.50. The Hall–Kier alpha value is -5.87. The van der Waals surface area contributed by atoms with Gasteiger partial charge in [0.2, 0.25) is 0 Å². The SMILES string of the molecule is CCCCc1ccccc1-c1cc2c3c(=O)n4c5cnc(C)cc5nc4c3c3cc(-c4ccccc4CCCC)c4ccc5ccc1c1c5c4c3c21. The van der Waals surface area contributed by atoms with Gasteiger partial charge in [-0.1, -0.05) is 99.5 Å². The smallest absolute Gasteiger partial charge is 0.265 e. The zero-order valence-electron chi connectivity index (χ0n) is 29.7. The van der Waals surface area contributed by atoms with Crippen LogP contribution in [0.3, 0.4) is 0 Å². The van der Waals surface area contributed by atoms with Crippen LogP contribution < -0.4 is 5.56 Å². The third-order valence-electron chi connectivity index (χ3n) is 12.0. The summed E-state index contributed by atoms with van der Waals surface area (Å²) in [7, 11) is 0. The molecule has 0 aliphatic rings. The molecule has 11 aromatic rings. The van der Waals surface area contributed by atoms with Gasteiger partial charge in [-0.15, -0.1) is 0 Å². The average molecular weight is 672 g/mol. The number of aryl methyl sites for hydroxylation is 3. The Morgan fingerprint density at radius 2 is 1.13 bits per heavy atom. The summed E-state index contributed by atoms with van der Waals surface area (Å²) in [5.41, 5.74) is 10.9. The van der Waals surface area contributed by atoms with Crippen molar-refractivity contribution >= 4 is 81.3 Å². The van der Waals surface area contributed by atoms with Gasteiger partial charge in [-0.3, -0.25) is 14.2 Å². The van der Waals surface area contributed by atoms with Crippen molar-refractivity contribution in [3.05, 3.63) is 124 Å². The van der Waals surface area contributed by atoms with E-state index in [0.717, 1.165) is 82.4 Å². The van der Waals surface area contributed by atoms with Crippen LogP contribution in [0.2, 0.25) is 0 Å². The molecule has 52 heavy (non-hydrogen) atoms. The van der Waals surface area contributed by atoms with Crippen molar-refractivity contribution in [2.24, 2.45) is 0 Å². The first-order valence-corrected chi connectivity index (χ1v) is 18.9. The van der Waals surface area contributed by atoms with Crippen LogP contribution in [0.25, 0.3) is 104 Å². The van der Waals surface area contributed by atoms with Crippen LogP contribution >= 0.6 is 0 Å². The minimum Gasteiger partial charge on any atom is -0.268 e. The molecule has 8 aromatic carbocycles. The van der Waals surface area contributed by atoms with Crippen LogP contribution in [0.1, 0.15) is 56.4 Å². The third kappa shape index (κ3) is 3.79. The third-order valence-corrected chi connectivity index (χ3v) is 12.0. The number of fused-ring (bicyclic) bond motifs is 7. The molecule has 0 unspecified atom stereocenters. The van der Waals surface area contributed by atoms with Gasteiger partial charge in [0.25, 0.3) is 5.56 Å². The number of pyridine rings is 1. The van der Waals surface area contributed by atoms with Gasteiger partial charge in [0, 0.05) is 11.1 Å². The Morgan fingerprint density at radius 3 is 1.73 bits per heavy atom. The summed E-state index contributed by atoms with van der Waals surface area (Å²) in [5, 5.41) is 14.0. The lowest BCUT2D eigenvalue weighted by atomic mass is 9.87. The number of hydrogen-bond acceptors (Lipinski definition) is 3. The minimum atomic E-state index is -0.0160. The largest absolute Gasteiger partial charge is 0.268 e. The van der Waals surface area contributed by atoms with Crippen molar-refractivity contribution in [1.29, 1.82) is 0 Å². The van der Waals surface area contributed by atoms with E-state index in [2.05, 4.69) is 104 Å². The molecule has 4 heteroatoms. The lowest BCUT2D eigenvalue weighted by Gasteiger charge is -2.16. The lowest BCUT2D eigenvalue weighted by molar-refractivity contribution is 0.796. The summed E-state index contributed by atoms with van der Waals surface area (Å²) < 4.78 is 1.83. The highest BCUT2D eigenvalue weighted by Gasteiger charge is 2.30. The Balaban J connectivity index is 1.40. The summed E-state index contributed by atoms with van der Waals surface area (Å²) in [6.07, 6.45) is 8.43. The molecule has 0 saturated carbocycles. The summed E-state index contributed by atoms with van der Waals surface area (Å²) in [4.78, 5) is 24.9. The van der Waals surface area contributed by atoms with Gasteiger partial charge in [0.15, 0.2) is 0 Å². The molecule has 0 aliphatic heterocycles. The highest BCUT2D eigenvalue weighted by molar-refractivity contribution is 6.50. The molecule has 0 bridgehead atoms. The quantitative estimate of drug-likeness (QED) is 0.151. The monoisotopic (exact) mass is 671 g/mol. The number of nitrogens with zero attached hydrogens (tertiary/aromatic N) is 3. The standard InChI is InChI=1S/C48H37N3O/c1-4-6-12-27-14-8-10-16-30(27)34-23-36-43-41-32(34)20-18-29-19-21-33-35(31-17-11-9-15-28(31)13-7-5-2)24-37(44(43)42(33)40(29)41)46-45(36)47-50-38-22-26(3)49-25-39(38)51(47)48(46)52/h8-11,14-25H,4-7,12-13H2,1-3H3. The fourth-order valence-corrected chi connectivity index (χ4v) is 9.63. The Kier molecular flexibility index (Phi) is 6.20. The van der Waals surface area contributed by atoms with E-state index in [1.807, 2.05) is 23.6 Å². The highest BCUT2D eigenvalue weighted by Crippen LogP contribution is 2.55. The van der Waals surface area contributed by atoms with Gasteiger partial charge < -0.3 is 0 Å². The van der Waals surface area contributed by atoms with Gasteiger partial charge in [0.05, 0.1) is 22.6 Å². The van der Waals surface area contributed by atoms with E-state index >= 15 is 4.79 Å². The molecule has 0 N–H and O–H groups in total. The van der Waals surface area contributed by atoms with E-state index in [9.17, 15) is 0 Å². The summed E-state index contributed by atoms with van der Waals surface area (Å²) in [5.74, 6) is 0. The van der Waals surface area contributed by atoms with Crippen molar-refractivity contribution in [2.45, 2.75) is 59.3 Å². The number of benzene rings is 7. The van der Waals surface area contributed by atoms with Crippen molar-refractivity contribution in [2.75, 3.05) is 0 Å². The Bertz CT molecular complexity index is 3240. The second-order valence-electron chi connectivity index (χ2n) is 14.9. The van der Waals surface area contributed by atoms with Crippen molar-refractivity contribution in [1.82, 2.24) is 14.4 Å². The van der Waals surface area contributed by atoms with Crippen LogP contribution in [0.5, 0.6) is 0 Å². The van der Waals surface area contributed by atoms with E-state index in [4.69, 9.17) is 4.98 Å². The van der Waals surface area contributed by atoms with Crippen molar-refractivity contribution in [3.8, 4) is 22.3 Å². The number of unbranched alkanes of at least 4 members (excludes halogenated alkanes) is 2. The number of imidazole rings is 1. The number of hydrogen-bond donors (Lipinski definition) is 0. The Morgan fingerprint density at radius 1 is 0.577 bits per heavy atom. The molecule has 11 rings (SSSR count). The first-order valence-electron chi connectivity index (χ1n) is 18.9. The summed E-state index contributed by atoms with van der Waals surface area (Å²) >= 11 is 0. The van der Waals surface area contributed by atoms with Crippen LogP contribution in [0.15, 0.2) is 102 Å². The van der Waals surface area contributed by atoms with Crippen LogP contribution in [0, 0.1) is 6.92 Å². The molecule has 3 heterocycles. The fourth-order valence-electron chi connectivity index (χ4n) is 9.63. The molecular formula is C48H37N3O. The van der Waals surface area contributed by atoms with E-state index < -0.39 is 0 Å². The molecule has 0 saturated heterocycles. The maximum Gasteiger partial charge on any atom is 0.265 e. The normalized spacial score (nSPS) is 12.7. The van der Waals surface area contributed by atoms with Crippen LogP contribution in [0.4, 0.5) is 0 Å². The molecule has 0 spiro atoms. The zero-order chi connectivity index (χ0) is 34.8. The zero-order valence-corrected chi connectivity index (χ0v) is 29.7. The van der Waals surface area contributed by atoms with Gasteiger partial charge in [-0.2, -0.15) is 0 Å². The van der Waals surface area contributed by atoms with Gasteiger partial charge >= 0.3 is 0 Å². The highest BCUT2D eigenvalue weighted by atomic mass is 16.1. The first-order chi connectivity index (χ1) is 25.6. The van der Waals surface area contributed by atoms with E-state index in [-0.39, 0.29) is 5.56 Å². The lowest BCUT2D eigenvalue weighted by Crippen LogP contribution is -2.06. The maximum absolute atomic E-state index is 15.1. The topological polar surface area (TPSA) is 47.3 Å². The predicted molar refractivity (Wildman–Crippen MR) is 219 cm³/mol. The molecule has 0 amide bonds. The molecule has 3 aromatic heterocycles. The van der Waals surface area contributed by atoms with Gasteiger partial charge in [0.1, 0.15) is 5.65 Å². The molecule has 0 atom stereocenters. The first kappa shape index (κ1) is 29.8. The second kappa shape index (κ2) is 10.8. The van der Waals surface area contributed by atoms with Gasteiger partial charge in [-0.05, 0) is 138 Å². The molecule has 0 fully saturated rings. The van der Waals surface area contributed by atoms with E-state index in [1.54, 1.807) is 0 Å². The molecule has 0 radical (unpaired) electrons. The van der Waals surface area contributed by atoms with Crippen LogP contribution in [-0.2, 0) is 12.8 Å². The average Bonchev–Trinajstić information content (AvgIpc) is 3.82. The van der Waals surface area contributed by atoms with Gasteiger partial charge in [-0.25, -0.2) is 4.98 Å². The van der Waals surface area contributed by atoms with E-state index in [1.165, 1.54) is 76.5 Å². The molecule has 4 nitrogen and oxygen atoms in total.